The number of nitrogens with zero attached hydrogens (tertiary/aromatic N) is 1. The number of primary sulfonamides is 1. The number of benzene rings is 1. The predicted molar refractivity (Wildman–Crippen MR) is 86.5 cm³/mol. The van der Waals surface area contributed by atoms with Crippen LogP contribution in [0.2, 0.25) is 0 Å². The lowest BCUT2D eigenvalue weighted by molar-refractivity contribution is 0.0710. The number of ether oxygens (including phenoxy) is 1. The van der Waals surface area contributed by atoms with Crippen molar-refractivity contribution in [3.63, 3.8) is 0 Å². The maximum Gasteiger partial charge on any atom is 0.317 e. The normalized spacial score (nSPS) is 19.2. The van der Waals surface area contributed by atoms with Crippen molar-refractivity contribution in [1.29, 1.82) is 0 Å². The van der Waals surface area contributed by atoms with E-state index in [0.29, 0.717) is 32.7 Å². The fraction of sp³-hybridized carbons (Fsp3) is 0.533. The minimum atomic E-state index is -3.66. The summed E-state index contributed by atoms with van der Waals surface area (Å²) in [4.78, 5) is 14.0. The van der Waals surface area contributed by atoms with Crippen molar-refractivity contribution in [2.24, 2.45) is 5.14 Å². The van der Waals surface area contributed by atoms with Crippen LogP contribution in [0.25, 0.3) is 0 Å². The molecule has 1 aliphatic rings. The first-order valence-corrected chi connectivity index (χ1v) is 9.17. The Morgan fingerprint density at radius 1 is 1.39 bits per heavy atom. The minimum Gasteiger partial charge on any atom is -0.377 e. The number of carbonyl (C=O) groups is 1. The van der Waals surface area contributed by atoms with Gasteiger partial charge >= 0.3 is 6.03 Å². The Morgan fingerprint density at radius 3 is 2.74 bits per heavy atom. The molecular formula is C15H23N3O4S. The maximum atomic E-state index is 12.1. The molecule has 1 aromatic carbocycles. The van der Waals surface area contributed by atoms with Crippen molar-refractivity contribution < 1.29 is 17.9 Å². The Morgan fingerprint density at radius 2 is 2.09 bits per heavy atom. The average molecular weight is 341 g/mol. The molecule has 1 fully saturated rings. The molecule has 1 atom stereocenters. The summed E-state index contributed by atoms with van der Waals surface area (Å²) in [5, 5.41) is 7.94. The van der Waals surface area contributed by atoms with Gasteiger partial charge in [0.25, 0.3) is 0 Å². The van der Waals surface area contributed by atoms with E-state index >= 15 is 0 Å². The first-order chi connectivity index (χ1) is 10.9. The van der Waals surface area contributed by atoms with Crippen LogP contribution < -0.4 is 10.5 Å². The summed E-state index contributed by atoms with van der Waals surface area (Å²) in [5.74, 6) is 0. The van der Waals surface area contributed by atoms with Gasteiger partial charge in [-0.1, -0.05) is 12.1 Å². The number of nitrogens with two attached hydrogens (primary N) is 1. The van der Waals surface area contributed by atoms with E-state index in [4.69, 9.17) is 9.88 Å². The van der Waals surface area contributed by atoms with E-state index in [2.05, 4.69) is 5.32 Å². The summed E-state index contributed by atoms with van der Waals surface area (Å²) < 4.78 is 27.9. The van der Waals surface area contributed by atoms with E-state index in [0.717, 1.165) is 12.0 Å². The zero-order chi connectivity index (χ0) is 16.9. The lowest BCUT2D eigenvalue weighted by Crippen LogP contribution is -2.43. The van der Waals surface area contributed by atoms with Gasteiger partial charge in [0.2, 0.25) is 10.0 Å². The summed E-state index contributed by atoms with van der Waals surface area (Å²) in [5.41, 5.74) is 0.935. The second kappa shape index (κ2) is 7.76. The quantitative estimate of drug-likeness (QED) is 0.841. The van der Waals surface area contributed by atoms with E-state index in [-0.39, 0.29) is 17.0 Å². The van der Waals surface area contributed by atoms with E-state index in [1.807, 2.05) is 6.92 Å². The monoisotopic (exact) mass is 341 g/mol. The lowest BCUT2D eigenvalue weighted by atomic mass is 10.1. The Labute approximate surface area is 136 Å². The van der Waals surface area contributed by atoms with Crippen LogP contribution in [-0.4, -0.2) is 51.7 Å². The number of nitrogens with one attached hydrogen (secondary N) is 1. The molecule has 1 aromatic rings. The molecule has 1 aliphatic heterocycles. The molecule has 1 saturated heterocycles. The summed E-state index contributed by atoms with van der Waals surface area (Å²) in [6.45, 7) is 4.41. The number of carbonyl (C=O) groups excluding carboxylic acids is 1. The molecule has 1 heterocycles. The van der Waals surface area contributed by atoms with Gasteiger partial charge < -0.3 is 15.0 Å². The zero-order valence-corrected chi connectivity index (χ0v) is 14.0. The second-order valence-corrected chi connectivity index (χ2v) is 7.21. The standard InChI is InChI=1S/C15H23N3O4S/c1-12-11-18(9-2-10-22-12)15(19)17-8-7-13-3-5-14(6-4-13)23(16,20)21/h3-6,12H,2,7-11H2,1H3,(H,17,19)(H2,16,20,21)/t12-/m0/s1. The van der Waals surface area contributed by atoms with Gasteiger partial charge in [0.05, 0.1) is 11.0 Å². The molecule has 2 rings (SSSR count). The third kappa shape index (κ3) is 5.49. The molecular weight excluding hydrogens is 318 g/mol. The third-order valence-corrected chi connectivity index (χ3v) is 4.61. The molecule has 2 amide bonds. The van der Waals surface area contributed by atoms with Gasteiger partial charge in [-0.2, -0.15) is 0 Å². The number of hydrogen-bond donors (Lipinski definition) is 2. The fourth-order valence-electron chi connectivity index (χ4n) is 2.45. The van der Waals surface area contributed by atoms with Gasteiger partial charge in [0.1, 0.15) is 0 Å². The highest BCUT2D eigenvalue weighted by atomic mass is 32.2. The van der Waals surface area contributed by atoms with Gasteiger partial charge in [0, 0.05) is 26.2 Å². The van der Waals surface area contributed by atoms with E-state index in [1.54, 1.807) is 17.0 Å². The van der Waals surface area contributed by atoms with Crippen molar-refractivity contribution in [1.82, 2.24) is 10.2 Å². The number of rotatable bonds is 4. The molecule has 8 heteroatoms. The van der Waals surface area contributed by atoms with Crippen molar-refractivity contribution in [2.45, 2.75) is 30.8 Å². The van der Waals surface area contributed by atoms with Crippen LogP contribution in [0.3, 0.4) is 0 Å². The van der Waals surface area contributed by atoms with Crippen LogP contribution in [-0.2, 0) is 21.2 Å². The van der Waals surface area contributed by atoms with E-state index < -0.39 is 10.0 Å². The van der Waals surface area contributed by atoms with Crippen LogP contribution in [0.4, 0.5) is 4.79 Å². The molecule has 0 bridgehead atoms. The van der Waals surface area contributed by atoms with Gasteiger partial charge in [-0.25, -0.2) is 18.4 Å². The molecule has 0 spiro atoms. The molecule has 0 radical (unpaired) electrons. The van der Waals surface area contributed by atoms with Crippen LogP contribution in [0, 0.1) is 0 Å². The van der Waals surface area contributed by atoms with Gasteiger partial charge in [0.15, 0.2) is 0 Å². The largest absolute Gasteiger partial charge is 0.377 e. The topological polar surface area (TPSA) is 102 Å². The highest BCUT2D eigenvalue weighted by Crippen LogP contribution is 2.09. The van der Waals surface area contributed by atoms with Crippen LogP contribution >= 0.6 is 0 Å². The lowest BCUT2D eigenvalue weighted by Gasteiger charge is -2.22. The second-order valence-electron chi connectivity index (χ2n) is 5.65. The zero-order valence-electron chi connectivity index (χ0n) is 13.2. The molecule has 0 unspecified atom stereocenters. The summed E-state index contributed by atoms with van der Waals surface area (Å²) >= 11 is 0. The van der Waals surface area contributed by atoms with Gasteiger partial charge in [-0.15, -0.1) is 0 Å². The Bertz CT molecular complexity index is 631. The van der Waals surface area contributed by atoms with Crippen LogP contribution in [0.15, 0.2) is 29.2 Å². The maximum absolute atomic E-state index is 12.1. The highest BCUT2D eigenvalue weighted by molar-refractivity contribution is 7.89. The van der Waals surface area contributed by atoms with Crippen molar-refractivity contribution >= 4 is 16.1 Å². The Balaban J connectivity index is 1.81. The Kier molecular flexibility index (Phi) is 5.97. The number of urea groups is 1. The summed E-state index contributed by atoms with van der Waals surface area (Å²) in [6.07, 6.45) is 1.51. The van der Waals surface area contributed by atoms with Gasteiger partial charge in [-0.05, 0) is 37.5 Å². The predicted octanol–water partition coefficient (Wildman–Crippen LogP) is 0.697. The van der Waals surface area contributed by atoms with Crippen molar-refractivity contribution in [3.8, 4) is 0 Å². The molecule has 128 valence electrons. The molecule has 0 aliphatic carbocycles. The van der Waals surface area contributed by atoms with Gasteiger partial charge in [-0.3, -0.25) is 0 Å². The third-order valence-electron chi connectivity index (χ3n) is 3.68. The SMILES string of the molecule is C[C@H]1CN(C(=O)NCCc2ccc(S(N)(=O)=O)cc2)CCCO1. The van der Waals surface area contributed by atoms with Crippen LogP contribution in [0.1, 0.15) is 18.9 Å². The molecule has 23 heavy (non-hydrogen) atoms. The number of sulfonamides is 1. The van der Waals surface area contributed by atoms with Crippen molar-refractivity contribution in [2.75, 3.05) is 26.2 Å². The van der Waals surface area contributed by atoms with E-state index in [1.165, 1.54) is 12.1 Å². The molecule has 7 nitrogen and oxygen atoms in total. The van der Waals surface area contributed by atoms with E-state index in [9.17, 15) is 13.2 Å². The first kappa shape index (κ1) is 17.7. The van der Waals surface area contributed by atoms with Crippen molar-refractivity contribution in [3.05, 3.63) is 29.8 Å². The molecule has 0 aromatic heterocycles. The fourth-order valence-corrected chi connectivity index (χ4v) is 2.97. The number of hydrogen-bond acceptors (Lipinski definition) is 4. The number of amides is 2. The highest BCUT2D eigenvalue weighted by Gasteiger charge is 2.19. The van der Waals surface area contributed by atoms with Crippen LogP contribution in [0.5, 0.6) is 0 Å². The smallest absolute Gasteiger partial charge is 0.317 e. The molecule has 3 N–H and O–H groups in total. The molecule has 0 saturated carbocycles. The first-order valence-electron chi connectivity index (χ1n) is 7.62. The summed E-state index contributed by atoms with van der Waals surface area (Å²) in [6, 6.07) is 6.26. The summed E-state index contributed by atoms with van der Waals surface area (Å²) in [7, 11) is -3.66. The minimum absolute atomic E-state index is 0.0500. The Hall–Kier alpha value is -1.64. The average Bonchev–Trinajstić information content (AvgIpc) is 2.71.